The molecule has 0 aliphatic rings. The number of aliphatic hydroxyl groups is 1. The molecule has 0 aliphatic carbocycles. The smallest absolute Gasteiger partial charge is 0.0403 e. The van der Waals surface area contributed by atoms with Crippen LogP contribution in [0, 0.1) is 0 Å². The molecule has 1 N–H and O–H groups in total. The van der Waals surface area contributed by atoms with Crippen molar-refractivity contribution in [2.24, 2.45) is 0 Å². The van der Waals surface area contributed by atoms with E-state index in [0.29, 0.717) is 6.61 Å². The van der Waals surface area contributed by atoms with E-state index in [-0.39, 0.29) is 16.6 Å². The molecular formula is C5H14OSi2. The van der Waals surface area contributed by atoms with Gasteiger partial charge >= 0.3 is 0 Å². The van der Waals surface area contributed by atoms with Crippen LogP contribution in [0.3, 0.4) is 0 Å². The fraction of sp³-hybridized carbons (Fsp3) is 1.00. The molecule has 0 aromatic rings. The molecule has 0 saturated carbocycles. The van der Waals surface area contributed by atoms with Crippen LogP contribution in [0.25, 0.3) is 0 Å². The minimum Gasteiger partial charge on any atom is -0.397 e. The average Bonchev–Trinajstić information content (AvgIpc) is 1.67. The van der Waals surface area contributed by atoms with Gasteiger partial charge in [-0.2, -0.15) is 0 Å². The van der Waals surface area contributed by atoms with Crippen LogP contribution < -0.4 is 0 Å². The molecule has 0 amide bonds. The first kappa shape index (κ1) is 8.39. The Labute approximate surface area is 54.7 Å². The van der Waals surface area contributed by atoms with Crippen LogP contribution in [-0.4, -0.2) is 28.3 Å². The van der Waals surface area contributed by atoms with E-state index in [1.54, 1.807) is 0 Å². The Morgan fingerprint density at radius 3 is 1.88 bits per heavy atom. The van der Waals surface area contributed by atoms with Crippen LogP contribution in [-0.2, 0) is 0 Å². The maximum absolute atomic E-state index is 8.53. The molecule has 0 heterocycles. The number of rotatable bonds is 3. The summed E-state index contributed by atoms with van der Waals surface area (Å²) in [5, 5.41) is 8.53. The predicted molar refractivity (Wildman–Crippen MR) is 41.0 cm³/mol. The number of aliphatic hydroxyl groups excluding tert-OH is 1. The molecule has 2 radical (unpaired) electrons. The Bertz CT molecular complexity index is 56.4. The molecule has 0 aromatic carbocycles. The standard InChI is InChI=1S/C5H14OSi2/c1-7(2)8(3)5-4-6/h6H,4-5H2,1-3H3. The van der Waals surface area contributed by atoms with E-state index >= 15 is 0 Å². The lowest BCUT2D eigenvalue weighted by molar-refractivity contribution is 0.318. The van der Waals surface area contributed by atoms with E-state index < -0.39 is 0 Å². The lowest BCUT2D eigenvalue weighted by Crippen LogP contribution is -2.26. The monoisotopic (exact) mass is 146 g/mol. The zero-order valence-electron chi connectivity index (χ0n) is 5.86. The van der Waals surface area contributed by atoms with Gasteiger partial charge < -0.3 is 5.11 Å². The van der Waals surface area contributed by atoms with E-state index in [9.17, 15) is 0 Å². The van der Waals surface area contributed by atoms with Crippen LogP contribution in [0.5, 0.6) is 0 Å². The maximum atomic E-state index is 8.53. The minimum absolute atomic E-state index is 0.0331. The summed E-state index contributed by atoms with van der Waals surface area (Å²) in [5.74, 6) is 0. The molecule has 3 heteroatoms. The van der Waals surface area contributed by atoms with Crippen LogP contribution >= 0.6 is 0 Å². The van der Waals surface area contributed by atoms with Crippen LogP contribution in [0.4, 0.5) is 0 Å². The van der Waals surface area contributed by atoms with Gasteiger partial charge in [0, 0.05) is 23.2 Å². The number of hydrogen-bond acceptors (Lipinski definition) is 1. The summed E-state index contributed by atoms with van der Waals surface area (Å²) in [7, 11) is -0.139. The summed E-state index contributed by atoms with van der Waals surface area (Å²) in [4.78, 5) is 0. The third-order valence-electron chi connectivity index (χ3n) is 1.34. The first-order valence-electron chi connectivity index (χ1n) is 2.92. The zero-order chi connectivity index (χ0) is 6.57. The van der Waals surface area contributed by atoms with Gasteiger partial charge in [0.1, 0.15) is 0 Å². The summed E-state index contributed by atoms with van der Waals surface area (Å²) in [6, 6.07) is 1.09. The van der Waals surface area contributed by atoms with Gasteiger partial charge in [0.15, 0.2) is 0 Å². The molecule has 0 fully saturated rings. The Balaban J connectivity index is 3.17. The normalized spacial score (nSPS) is 11.2. The molecule has 1 nitrogen and oxygen atoms in total. The first-order chi connectivity index (χ1) is 3.68. The average molecular weight is 146 g/mol. The summed E-state index contributed by atoms with van der Waals surface area (Å²) in [5.41, 5.74) is 0. The van der Waals surface area contributed by atoms with Crippen molar-refractivity contribution in [2.45, 2.75) is 25.7 Å². The maximum Gasteiger partial charge on any atom is 0.0403 e. The first-order valence-corrected chi connectivity index (χ1v) is 8.63. The molecule has 0 bridgehead atoms. The highest BCUT2D eigenvalue weighted by Crippen LogP contribution is 1.94. The van der Waals surface area contributed by atoms with E-state index in [1.165, 1.54) is 0 Å². The van der Waals surface area contributed by atoms with Crippen molar-refractivity contribution in [1.29, 1.82) is 0 Å². The van der Waals surface area contributed by atoms with Gasteiger partial charge in [-0.25, -0.2) is 0 Å². The van der Waals surface area contributed by atoms with Gasteiger partial charge in [0.05, 0.1) is 0 Å². The highest BCUT2D eigenvalue weighted by molar-refractivity contribution is 7.20. The minimum atomic E-state index is -0.106. The van der Waals surface area contributed by atoms with Crippen LogP contribution in [0.1, 0.15) is 0 Å². The fourth-order valence-electron chi connectivity index (χ4n) is 0.418. The summed E-state index contributed by atoms with van der Waals surface area (Å²) >= 11 is 0. The highest BCUT2D eigenvalue weighted by atomic mass is 29.2. The predicted octanol–water partition coefficient (Wildman–Crippen LogP) is 0.936. The second-order valence-electron chi connectivity index (χ2n) is 2.25. The molecule has 8 heavy (non-hydrogen) atoms. The van der Waals surface area contributed by atoms with Crippen molar-refractivity contribution in [3.8, 4) is 0 Å². The van der Waals surface area contributed by atoms with Crippen LogP contribution in [0.15, 0.2) is 0 Å². The molecule has 0 rings (SSSR count). The van der Waals surface area contributed by atoms with Crippen molar-refractivity contribution in [3.63, 3.8) is 0 Å². The Hall–Kier alpha value is 0.394. The number of hydrogen-bond donors (Lipinski definition) is 1. The van der Waals surface area contributed by atoms with Gasteiger partial charge in [-0.05, 0) is 6.04 Å². The van der Waals surface area contributed by atoms with E-state index in [0.717, 1.165) is 6.04 Å². The van der Waals surface area contributed by atoms with E-state index in [4.69, 9.17) is 5.11 Å². The molecule has 0 unspecified atom stereocenters. The SMILES string of the molecule is C[Si](C)[Si](C)CCO. The van der Waals surface area contributed by atoms with Crippen LogP contribution in [0.2, 0.25) is 25.7 Å². The summed E-state index contributed by atoms with van der Waals surface area (Å²) in [6.45, 7) is 7.37. The summed E-state index contributed by atoms with van der Waals surface area (Å²) in [6.07, 6.45) is 0. The van der Waals surface area contributed by atoms with Gasteiger partial charge in [-0.3, -0.25) is 0 Å². The topological polar surface area (TPSA) is 20.2 Å². The van der Waals surface area contributed by atoms with Crippen molar-refractivity contribution in [1.82, 2.24) is 0 Å². The molecule has 0 saturated heterocycles. The molecule has 0 spiro atoms. The van der Waals surface area contributed by atoms with Crippen molar-refractivity contribution in [2.75, 3.05) is 6.61 Å². The summed E-state index contributed by atoms with van der Waals surface area (Å²) < 4.78 is 0. The van der Waals surface area contributed by atoms with E-state index in [2.05, 4.69) is 19.6 Å². The van der Waals surface area contributed by atoms with Gasteiger partial charge in [-0.15, -0.1) is 0 Å². The Morgan fingerprint density at radius 2 is 1.75 bits per heavy atom. The Kier molecular flexibility index (Phi) is 4.50. The molecule has 0 aromatic heterocycles. The van der Waals surface area contributed by atoms with Crippen molar-refractivity contribution in [3.05, 3.63) is 0 Å². The lowest BCUT2D eigenvalue weighted by Gasteiger charge is -2.08. The van der Waals surface area contributed by atoms with Gasteiger partial charge in [0.2, 0.25) is 0 Å². The quantitative estimate of drug-likeness (QED) is 0.588. The molecule has 0 atom stereocenters. The largest absolute Gasteiger partial charge is 0.397 e. The van der Waals surface area contributed by atoms with Gasteiger partial charge in [0.25, 0.3) is 0 Å². The third kappa shape index (κ3) is 3.40. The lowest BCUT2D eigenvalue weighted by atomic mass is 10.9. The highest BCUT2D eigenvalue weighted by Gasteiger charge is 2.08. The molecule has 48 valence electrons. The van der Waals surface area contributed by atoms with Crippen molar-refractivity contribution < 1.29 is 5.11 Å². The molecule has 0 aliphatic heterocycles. The molecular weight excluding hydrogens is 132 g/mol. The second-order valence-corrected chi connectivity index (χ2v) is 11.9. The van der Waals surface area contributed by atoms with Crippen molar-refractivity contribution >= 4 is 16.6 Å². The second kappa shape index (κ2) is 4.29. The Morgan fingerprint density at radius 1 is 1.25 bits per heavy atom. The van der Waals surface area contributed by atoms with E-state index in [1.807, 2.05) is 0 Å². The third-order valence-corrected chi connectivity index (χ3v) is 9.89. The zero-order valence-corrected chi connectivity index (χ0v) is 7.86. The fourth-order valence-corrected chi connectivity index (χ4v) is 3.09. The van der Waals surface area contributed by atoms with Gasteiger partial charge in [-0.1, -0.05) is 19.6 Å².